The molecule has 1 aromatic heterocycles. The Hall–Kier alpha value is -1.62. The number of pyridine rings is 1. The van der Waals surface area contributed by atoms with Crippen molar-refractivity contribution in [3.63, 3.8) is 0 Å². The molecule has 3 aliphatic rings. The minimum absolute atomic E-state index is 0.0764. The fourth-order valence-corrected chi connectivity index (χ4v) is 3.83. The zero-order valence-corrected chi connectivity index (χ0v) is 12.5. The van der Waals surface area contributed by atoms with Crippen molar-refractivity contribution in [2.75, 3.05) is 7.11 Å². The van der Waals surface area contributed by atoms with Gasteiger partial charge in [-0.05, 0) is 51.0 Å². The van der Waals surface area contributed by atoms with Crippen LogP contribution < -0.4 is 5.56 Å². The van der Waals surface area contributed by atoms with Gasteiger partial charge >= 0.3 is 5.97 Å². The molecule has 3 saturated carbocycles. The van der Waals surface area contributed by atoms with Gasteiger partial charge in [0, 0.05) is 17.8 Å². The maximum Gasteiger partial charge on any atom is 0.339 e. The van der Waals surface area contributed by atoms with Gasteiger partial charge in [-0.3, -0.25) is 4.79 Å². The average Bonchev–Trinajstić information content (AvgIpc) is 2.48. The molecule has 1 N–H and O–H groups in total. The number of ether oxygens (including phenoxy) is 1. The van der Waals surface area contributed by atoms with Crippen molar-refractivity contribution < 1.29 is 14.6 Å². The fourth-order valence-electron chi connectivity index (χ4n) is 3.83. The Morgan fingerprint density at radius 2 is 1.81 bits per heavy atom. The summed E-state index contributed by atoms with van der Waals surface area (Å²) in [4.78, 5) is 24.3. The smallest absolute Gasteiger partial charge is 0.339 e. The van der Waals surface area contributed by atoms with Gasteiger partial charge < -0.3 is 14.4 Å². The van der Waals surface area contributed by atoms with Crippen LogP contribution in [0.3, 0.4) is 0 Å². The molecule has 0 spiro atoms. The minimum atomic E-state index is -0.540. The second-order valence-corrected chi connectivity index (χ2v) is 6.52. The van der Waals surface area contributed by atoms with Crippen LogP contribution in [0.1, 0.15) is 54.4 Å². The van der Waals surface area contributed by atoms with Crippen LogP contribution in [0.2, 0.25) is 0 Å². The number of rotatable bonds is 2. The van der Waals surface area contributed by atoms with E-state index in [1.165, 1.54) is 13.2 Å². The lowest BCUT2D eigenvalue weighted by Crippen LogP contribution is -2.53. The monoisotopic (exact) mass is 291 g/mol. The second-order valence-electron chi connectivity index (χ2n) is 6.52. The Bertz CT molecular complexity index is 622. The molecule has 0 aromatic carbocycles. The highest BCUT2D eigenvalue weighted by molar-refractivity contribution is 5.90. The van der Waals surface area contributed by atoms with Crippen molar-refractivity contribution >= 4 is 5.97 Å². The van der Waals surface area contributed by atoms with Gasteiger partial charge in [0.1, 0.15) is 0 Å². The normalized spacial score (nSPS) is 31.2. The zero-order chi connectivity index (χ0) is 15.3. The number of aromatic nitrogens is 1. The Balaban J connectivity index is 2.07. The molecule has 1 heterocycles. The van der Waals surface area contributed by atoms with Gasteiger partial charge in [-0.2, -0.15) is 0 Å². The van der Waals surface area contributed by atoms with Crippen LogP contribution in [0, 0.1) is 6.92 Å². The summed E-state index contributed by atoms with van der Waals surface area (Å²) >= 11 is 0. The van der Waals surface area contributed by atoms with Crippen LogP contribution in [0.4, 0.5) is 0 Å². The van der Waals surface area contributed by atoms with Crippen LogP contribution in [0.15, 0.2) is 17.1 Å². The predicted octanol–water partition coefficient (Wildman–Crippen LogP) is 1.74. The number of carbonyl (C=O) groups is 1. The van der Waals surface area contributed by atoms with Crippen LogP contribution in [0.5, 0.6) is 0 Å². The highest BCUT2D eigenvalue weighted by Gasteiger charge is 2.49. The summed E-state index contributed by atoms with van der Waals surface area (Å²) in [7, 11) is 1.34. The van der Waals surface area contributed by atoms with E-state index < -0.39 is 11.6 Å². The first-order valence-electron chi connectivity index (χ1n) is 7.44. The van der Waals surface area contributed by atoms with Gasteiger partial charge in [-0.1, -0.05) is 0 Å². The number of nitrogens with zero attached hydrogens (tertiary/aromatic N) is 1. The molecule has 3 aliphatic carbocycles. The molecule has 0 saturated heterocycles. The predicted molar refractivity (Wildman–Crippen MR) is 77.4 cm³/mol. The summed E-state index contributed by atoms with van der Waals surface area (Å²) in [6, 6.07) is 1.51. The van der Waals surface area contributed by atoms with E-state index in [4.69, 9.17) is 4.74 Å². The van der Waals surface area contributed by atoms with E-state index in [1.807, 2.05) is 0 Å². The minimum Gasteiger partial charge on any atom is -0.465 e. The number of hydrogen-bond donors (Lipinski definition) is 1. The molecule has 0 atom stereocenters. The lowest BCUT2D eigenvalue weighted by molar-refractivity contribution is -0.0867. The second kappa shape index (κ2) is 4.70. The van der Waals surface area contributed by atoms with Crippen LogP contribution in [0.25, 0.3) is 0 Å². The third-order valence-electron chi connectivity index (χ3n) is 5.34. The number of aryl methyl sites for hydroxylation is 1. The largest absolute Gasteiger partial charge is 0.465 e. The molecule has 2 bridgehead atoms. The maximum atomic E-state index is 12.4. The number of aliphatic hydroxyl groups is 1. The number of hydrogen-bond acceptors (Lipinski definition) is 4. The van der Waals surface area contributed by atoms with Gasteiger partial charge in [0.2, 0.25) is 0 Å². The molecule has 5 nitrogen and oxygen atoms in total. The van der Waals surface area contributed by atoms with E-state index in [0.717, 1.165) is 38.5 Å². The van der Waals surface area contributed by atoms with Gasteiger partial charge in [0.25, 0.3) is 5.56 Å². The van der Waals surface area contributed by atoms with E-state index >= 15 is 0 Å². The van der Waals surface area contributed by atoms with Gasteiger partial charge in [-0.15, -0.1) is 0 Å². The van der Waals surface area contributed by atoms with Gasteiger partial charge in [0.15, 0.2) is 0 Å². The summed E-state index contributed by atoms with van der Waals surface area (Å²) in [6.45, 7) is 1.75. The van der Waals surface area contributed by atoms with Gasteiger partial charge in [0.05, 0.1) is 18.3 Å². The highest BCUT2D eigenvalue weighted by atomic mass is 16.5. The molecule has 4 rings (SSSR count). The van der Waals surface area contributed by atoms with Crippen LogP contribution in [-0.2, 0) is 10.3 Å². The maximum absolute atomic E-state index is 12.4. The van der Waals surface area contributed by atoms with Crippen molar-refractivity contribution in [2.24, 2.45) is 0 Å². The Labute approximate surface area is 123 Å². The Morgan fingerprint density at radius 1 is 1.24 bits per heavy atom. The van der Waals surface area contributed by atoms with E-state index in [-0.39, 0.29) is 11.1 Å². The first-order valence-corrected chi connectivity index (χ1v) is 7.44. The third kappa shape index (κ3) is 2.20. The summed E-state index contributed by atoms with van der Waals surface area (Å²) in [5.41, 5.74) is 0.215. The molecule has 0 amide bonds. The van der Waals surface area contributed by atoms with Gasteiger partial charge in [-0.25, -0.2) is 4.79 Å². The zero-order valence-electron chi connectivity index (χ0n) is 12.5. The summed E-state index contributed by atoms with van der Waals surface area (Å²) in [5.74, 6) is -0.416. The molecule has 0 unspecified atom stereocenters. The Morgan fingerprint density at radius 3 is 2.33 bits per heavy atom. The van der Waals surface area contributed by atoms with E-state index in [2.05, 4.69) is 0 Å². The lowest BCUT2D eigenvalue weighted by atomic mass is 9.63. The van der Waals surface area contributed by atoms with Crippen molar-refractivity contribution in [3.8, 4) is 0 Å². The van der Waals surface area contributed by atoms with E-state index in [1.54, 1.807) is 17.7 Å². The number of esters is 1. The third-order valence-corrected chi connectivity index (χ3v) is 5.34. The standard InChI is InChI=1S/C16H21NO4/c1-11-9-13(18)17(10-12(11)14(19)21-2)15-3-6-16(20,7-4-15)8-5-15/h9-10,20H,3-8H2,1-2H3. The summed E-state index contributed by atoms with van der Waals surface area (Å²) in [6.07, 6.45) is 6.18. The topological polar surface area (TPSA) is 68.5 Å². The van der Waals surface area contributed by atoms with E-state index in [9.17, 15) is 14.7 Å². The first-order chi connectivity index (χ1) is 9.89. The van der Waals surface area contributed by atoms with Crippen molar-refractivity contribution in [1.29, 1.82) is 0 Å². The van der Waals surface area contributed by atoms with Crippen molar-refractivity contribution in [3.05, 3.63) is 33.7 Å². The van der Waals surface area contributed by atoms with Crippen molar-refractivity contribution in [1.82, 2.24) is 4.57 Å². The summed E-state index contributed by atoms with van der Waals surface area (Å²) < 4.78 is 6.51. The quantitative estimate of drug-likeness (QED) is 0.843. The average molecular weight is 291 g/mol. The van der Waals surface area contributed by atoms with Crippen LogP contribution >= 0.6 is 0 Å². The summed E-state index contributed by atoms with van der Waals surface area (Å²) in [5, 5.41) is 10.3. The molecule has 3 fully saturated rings. The Kier molecular flexibility index (Phi) is 3.20. The molecule has 21 heavy (non-hydrogen) atoms. The lowest BCUT2D eigenvalue weighted by Gasteiger charge is -2.51. The number of fused-ring (bicyclic) bond motifs is 3. The fraction of sp³-hybridized carbons (Fsp3) is 0.625. The molecule has 1 aromatic rings. The first kappa shape index (κ1) is 14.3. The van der Waals surface area contributed by atoms with E-state index in [0.29, 0.717) is 11.1 Å². The molecule has 5 heteroatoms. The molecule has 0 aliphatic heterocycles. The van der Waals surface area contributed by atoms with Crippen LogP contribution in [-0.4, -0.2) is 28.4 Å². The highest BCUT2D eigenvalue weighted by Crippen LogP contribution is 2.50. The molecular weight excluding hydrogens is 270 g/mol. The SMILES string of the molecule is COC(=O)c1cn(C23CCC(O)(CC2)CC3)c(=O)cc1C. The molecule has 114 valence electrons. The molecular formula is C16H21NO4. The number of carbonyl (C=O) groups excluding carboxylic acids is 1. The van der Waals surface area contributed by atoms with Crippen molar-refractivity contribution in [2.45, 2.75) is 56.6 Å². The molecule has 0 radical (unpaired) electrons. The number of methoxy groups -OCH3 is 1.